The maximum atomic E-state index is 13.5. The molecule has 2 aliphatic rings. The molecule has 0 bridgehead atoms. The lowest BCUT2D eigenvalue weighted by molar-refractivity contribution is -0.130. The predicted octanol–water partition coefficient (Wildman–Crippen LogP) is 4.26. The highest BCUT2D eigenvalue weighted by Crippen LogP contribution is 2.43. The second-order valence-corrected chi connectivity index (χ2v) is 9.66. The van der Waals surface area contributed by atoms with E-state index in [0.29, 0.717) is 18.7 Å². The molecule has 1 fully saturated rings. The zero-order valence-electron chi connectivity index (χ0n) is 20.4. The van der Waals surface area contributed by atoms with Gasteiger partial charge in [0, 0.05) is 44.6 Å². The van der Waals surface area contributed by atoms with Crippen LogP contribution in [0, 0.1) is 11.9 Å². The van der Waals surface area contributed by atoms with Crippen LogP contribution in [0.3, 0.4) is 0 Å². The van der Waals surface area contributed by atoms with Crippen LogP contribution in [0.1, 0.15) is 47.4 Å². The smallest absolute Gasteiger partial charge is 0.234 e. The largest absolute Gasteiger partial charge is 0.365 e. The predicted molar refractivity (Wildman–Crippen MR) is 131 cm³/mol. The number of halogens is 2. The second-order valence-electron chi connectivity index (χ2n) is 9.66. The summed E-state index contributed by atoms with van der Waals surface area (Å²) in [4.78, 5) is 25.2. The molecule has 2 aromatic heterocycles. The second kappa shape index (κ2) is 10.4. The van der Waals surface area contributed by atoms with Gasteiger partial charge in [0.25, 0.3) is 0 Å². The van der Waals surface area contributed by atoms with Gasteiger partial charge < -0.3 is 14.5 Å². The minimum Gasteiger partial charge on any atom is -0.365 e. The summed E-state index contributed by atoms with van der Waals surface area (Å²) in [6.07, 6.45) is 5.59. The SMILES string of the molecule is CN(CCCN1CCC2(CC1)OCc1cc(F)ncc12)C(=O)C(c1ccccc1)c1ccc(F)nc1. The van der Waals surface area contributed by atoms with Gasteiger partial charge in [-0.2, -0.15) is 8.78 Å². The van der Waals surface area contributed by atoms with Crippen molar-refractivity contribution in [1.82, 2.24) is 19.8 Å². The minimum atomic E-state index is -0.565. The summed E-state index contributed by atoms with van der Waals surface area (Å²) in [6, 6.07) is 13.9. The molecule has 36 heavy (non-hydrogen) atoms. The van der Waals surface area contributed by atoms with Crippen molar-refractivity contribution in [3.63, 3.8) is 0 Å². The number of carbonyl (C=O) groups excluding carboxylic acids is 1. The normalized spacial score (nSPS) is 17.6. The molecular weight excluding hydrogens is 462 g/mol. The lowest BCUT2D eigenvalue weighted by Crippen LogP contribution is -2.43. The first-order valence-electron chi connectivity index (χ1n) is 12.4. The fourth-order valence-corrected chi connectivity index (χ4v) is 5.39. The van der Waals surface area contributed by atoms with E-state index in [1.807, 2.05) is 37.4 Å². The summed E-state index contributed by atoms with van der Waals surface area (Å²) in [7, 11) is 1.82. The molecule has 1 atom stereocenters. The number of ether oxygens (including phenoxy) is 1. The lowest BCUT2D eigenvalue weighted by Gasteiger charge is -2.39. The van der Waals surface area contributed by atoms with Crippen LogP contribution in [0.15, 0.2) is 60.9 Å². The molecule has 2 aliphatic heterocycles. The molecule has 188 valence electrons. The Morgan fingerprint density at radius 1 is 1.06 bits per heavy atom. The van der Waals surface area contributed by atoms with Crippen molar-refractivity contribution in [3.05, 3.63) is 95.1 Å². The van der Waals surface area contributed by atoms with Gasteiger partial charge in [-0.3, -0.25) is 4.79 Å². The Hall–Kier alpha value is -3.23. The first-order chi connectivity index (χ1) is 17.4. The van der Waals surface area contributed by atoms with Crippen molar-refractivity contribution in [3.8, 4) is 0 Å². The molecule has 3 aromatic rings. The standard InChI is InChI=1S/C28H30F2N4O2/c1-33(27(35)26(20-6-3-2-4-7-20)21-8-9-24(29)31-17-21)12-5-13-34-14-10-28(11-15-34)23-18-32-25(30)16-22(23)19-36-28/h2-4,6-9,16-18,26H,5,10-15,19H2,1H3. The molecule has 0 N–H and O–H groups in total. The van der Waals surface area contributed by atoms with Crippen molar-refractivity contribution < 1.29 is 18.3 Å². The van der Waals surface area contributed by atoms with Crippen LogP contribution in [0.4, 0.5) is 8.78 Å². The van der Waals surface area contributed by atoms with Crippen molar-refractivity contribution in [2.75, 3.05) is 33.2 Å². The number of fused-ring (bicyclic) bond motifs is 2. The van der Waals surface area contributed by atoms with Crippen LogP contribution in [-0.4, -0.2) is 58.9 Å². The molecule has 1 amide bonds. The zero-order chi connectivity index (χ0) is 25.1. The van der Waals surface area contributed by atoms with Crippen LogP contribution in [-0.2, 0) is 21.7 Å². The summed E-state index contributed by atoms with van der Waals surface area (Å²) in [5.74, 6) is -1.60. The Balaban J connectivity index is 1.16. The summed E-state index contributed by atoms with van der Waals surface area (Å²) >= 11 is 0. The van der Waals surface area contributed by atoms with Gasteiger partial charge in [-0.05, 0) is 54.6 Å². The van der Waals surface area contributed by atoms with Crippen molar-refractivity contribution in [2.45, 2.75) is 37.4 Å². The highest BCUT2D eigenvalue weighted by Gasteiger charge is 2.43. The first kappa shape index (κ1) is 24.5. The van der Waals surface area contributed by atoms with Gasteiger partial charge in [-0.15, -0.1) is 0 Å². The maximum Gasteiger partial charge on any atom is 0.234 e. The van der Waals surface area contributed by atoms with Gasteiger partial charge >= 0.3 is 0 Å². The number of pyridine rings is 2. The Bertz CT molecular complexity index is 1200. The highest BCUT2D eigenvalue weighted by molar-refractivity contribution is 5.87. The van der Waals surface area contributed by atoms with Crippen LogP contribution in [0.5, 0.6) is 0 Å². The quantitative estimate of drug-likeness (QED) is 0.462. The average molecular weight is 493 g/mol. The monoisotopic (exact) mass is 492 g/mol. The number of likely N-dealkylation sites (tertiary alicyclic amines) is 1. The Morgan fingerprint density at radius 3 is 2.53 bits per heavy atom. The van der Waals surface area contributed by atoms with E-state index in [4.69, 9.17) is 4.74 Å². The van der Waals surface area contributed by atoms with E-state index in [1.165, 1.54) is 18.3 Å². The van der Waals surface area contributed by atoms with Crippen LogP contribution >= 0.6 is 0 Å². The van der Waals surface area contributed by atoms with Crippen LogP contribution in [0.25, 0.3) is 0 Å². The molecule has 8 heteroatoms. The molecule has 0 saturated carbocycles. The topological polar surface area (TPSA) is 58.6 Å². The van der Waals surface area contributed by atoms with E-state index in [2.05, 4.69) is 14.9 Å². The third kappa shape index (κ3) is 5.01. The highest BCUT2D eigenvalue weighted by atomic mass is 19.1. The number of amides is 1. The Morgan fingerprint density at radius 2 is 1.81 bits per heavy atom. The number of benzene rings is 1. The molecule has 4 heterocycles. The maximum absolute atomic E-state index is 13.5. The van der Waals surface area contributed by atoms with E-state index < -0.39 is 17.8 Å². The lowest BCUT2D eigenvalue weighted by atomic mass is 9.84. The zero-order valence-corrected chi connectivity index (χ0v) is 20.4. The number of hydrogen-bond donors (Lipinski definition) is 0. The number of aromatic nitrogens is 2. The number of rotatable bonds is 7. The molecule has 5 rings (SSSR count). The van der Waals surface area contributed by atoms with Gasteiger partial charge in [0.2, 0.25) is 17.8 Å². The van der Waals surface area contributed by atoms with Gasteiger partial charge in [0.15, 0.2) is 0 Å². The molecule has 1 unspecified atom stereocenters. The fourth-order valence-electron chi connectivity index (χ4n) is 5.39. The van der Waals surface area contributed by atoms with Gasteiger partial charge in [0.05, 0.1) is 18.1 Å². The number of nitrogens with zero attached hydrogens (tertiary/aromatic N) is 4. The summed E-state index contributed by atoms with van der Waals surface area (Å²) < 4.78 is 33.0. The third-order valence-electron chi connectivity index (χ3n) is 7.42. The molecular formula is C28H30F2N4O2. The van der Waals surface area contributed by atoms with E-state index >= 15 is 0 Å². The van der Waals surface area contributed by atoms with E-state index in [9.17, 15) is 13.6 Å². The van der Waals surface area contributed by atoms with Gasteiger partial charge in [0.1, 0.15) is 0 Å². The fraction of sp³-hybridized carbons (Fsp3) is 0.393. The van der Waals surface area contributed by atoms with Gasteiger partial charge in [-0.25, -0.2) is 9.97 Å². The number of likely N-dealkylation sites (N-methyl/N-ethyl adjacent to an activating group) is 1. The van der Waals surface area contributed by atoms with Crippen LogP contribution in [0.2, 0.25) is 0 Å². The van der Waals surface area contributed by atoms with Crippen LogP contribution < -0.4 is 0 Å². The van der Waals surface area contributed by atoms with Crippen molar-refractivity contribution >= 4 is 5.91 Å². The van der Waals surface area contributed by atoms with E-state index in [1.54, 1.807) is 17.2 Å². The number of hydrogen-bond acceptors (Lipinski definition) is 5. The molecule has 0 radical (unpaired) electrons. The Kier molecular flexibility index (Phi) is 7.07. The van der Waals surface area contributed by atoms with E-state index in [0.717, 1.165) is 55.6 Å². The minimum absolute atomic E-state index is 0.0390. The third-order valence-corrected chi connectivity index (χ3v) is 7.42. The molecule has 1 saturated heterocycles. The van der Waals surface area contributed by atoms with Crippen molar-refractivity contribution in [1.29, 1.82) is 0 Å². The molecule has 1 aromatic carbocycles. The summed E-state index contributed by atoms with van der Waals surface area (Å²) in [5.41, 5.74) is 3.10. The molecule has 0 aliphatic carbocycles. The summed E-state index contributed by atoms with van der Waals surface area (Å²) in [5, 5.41) is 0. The molecule has 6 nitrogen and oxygen atoms in total. The number of piperidine rings is 1. The summed E-state index contributed by atoms with van der Waals surface area (Å²) in [6.45, 7) is 3.68. The van der Waals surface area contributed by atoms with Gasteiger partial charge in [-0.1, -0.05) is 36.4 Å². The molecule has 1 spiro atoms. The van der Waals surface area contributed by atoms with Crippen molar-refractivity contribution in [2.24, 2.45) is 0 Å². The Labute approximate surface area is 209 Å². The first-order valence-corrected chi connectivity index (χ1v) is 12.4. The number of carbonyl (C=O) groups is 1. The van der Waals surface area contributed by atoms with E-state index in [-0.39, 0.29) is 11.5 Å². The average Bonchev–Trinajstić information content (AvgIpc) is 3.24.